The Morgan fingerprint density at radius 1 is 1.00 bits per heavy atom. The Morgan fingerprint density at radius 3 is 2.21 bits per heavy atom. The molecule has 33 heavy (non-hydrogen) atoms. The lowest BCUT2D eigenvalue weighted by Gasteiger charge is -2.12. The van der Waals surface area contributed by atoms with Gasteiger partial charge in [0.05, 0.1) is 4.90 Å². The highest BCUT2D eigenvalue weighted by molar-refractivity contribution is 7.99. The van der Waals surface area contributed by atoms with E-state index in [-0.39, 0.29) is 39.5 Å². The summed E-state index contributed by atoms with van der Waals surface area (Å²) >= 11 is 1.13. The minimum absolute atomic E-state index is 0.0226. The number of aryl methyl sites for hydroxylation is 2. The second kappa shape index (κ2) is 10.2. The number of carbonyl (C=O) groups is 2. The summed E-state index contributed by atoms with van der Waals surface area (Å²) in [6, 6.07) is 13.6. The number of anilines is 2. The van der Waals surface area contributed by atoms with Crippen molar-refractivity contribution in [2.45, 2.75) is 48.6 Å². The van der Waals surface area contributed by atoms with Gasteiger partial charge in [-0.15, -0.1) is 11.8 Å². The van der Waals surface area contributed by atoms with Crippen LogP contribution in [0.3, 0.4) is 0 Å². The van der Waals surface area contributed by atoms with Crippen LogP contribution in [-0.4, -0.2) is 36.3 Å². The molecule has 0 radical (unpaired) electrons. The lowest BCUT2D eigenvalue weighted by molar-refractivity contribution is -0.117. The quantitative estimate of drug-likeness (QED) is 0.465. The van der Waals surface area contributed by atoms with Gasteiger partial charge in [0, 0.05) is 12.1 Å². The number of carbonyl (C=O) groups excluding carboxylic acids is 2. The molecule has 0 saturated carbocycles. The van der Waals surface area contributed by atoms with Crippen LogP contribution < -0.4 is 10.6 Å². The van der Waals surface area contributed by atoms with Gasteiger partial charge < -0.3 is 10.6 Å². The predicted octanol–water partition coefficient (Wildman–Crippen LogP) is 4.04. The van der Waals surface area contributed by atoms with Crippen LogP contribution in [0.4, 0.5) is 11.5 Å². The molecule has 3 aromatic rings. The fourth-order valence-corrected chi connectivity index (χ4v) is 5.83. The van der Waals surface area contributed by atoms with E-state index in [9.17, 15) is 18.0 Å². The van der Waals surface area contributed by atoms with Crippen molar-refractivity contribution in [1.82, 2.24) is 9.78 Å². The van der Waals surface area contributed by atoms with E-state index in [0.717, 1.165) is 22.9 Å². The van der Waals surface area contributed by atoms with Gasteiger partial charge in [0.15, 0.2) is 5.82 Å². The van der Waals surface area contributed by atoms with Crippen LogP contribution in [0, 0.1) is 13.8 Å². The van der Waals surface area contributed by atoms with Crippen LogP contribution in [0.15, 0.2) is 63.3 Å². The van der Waals surface area contributed by atoms with Crippen molar-refractivity contribution < 1.29 is 18.0 Å². The Hall–Kier alpha value is -3.11. The van der Waals surface area contributed by atoms with Crippen molar-refractivity contribution in [3.8, 4) is 0 Å². The van der Waals surface area contributed by atoms with Crippen molar-refractivity contribution in [3.63, 3.8) is 0 Å². The molecule has 1 heterocycles. The zero-order chi connectivity index (χ0) is 24.2. The first-order chi connectivity index (χ1) is 15.6. The summed E-state index contributed by atoms with van der Waals surface area (Å²) in [5.41, 5.74) is 2.63. The van der Waals surface area contributed by atoms with Crippen molar-refractivity contribution >= 4 is 44.9 Å². The number of thioether (sulfide) groups is 1. The molecule has 2 amide bonds. The summed E-state index contributed by atoms with van der Waals surface area (Å²) in [7, 11) is -4.00. The molecular formula is C23H26N4O4S2. The first kappa shape index (κ1) is 24.5. The largest absolute Gasteiger partial charge is 0.324 e. The zero-order valence-electron chi connectivity index (χ0n) is 18.9. The number of rotatable bonds is 8. The molecule has 0 aliphatic heterocycles. The SMILES string of the molecule is CCC(=O)Nc1c(S(=O)(=O)c2ccccc2)c(SC)nn1CC(=O)Nc1cc(C)cc(C)c1. The van der Waals surface area contributed by atoms with E-state index in [2.05, 4.69) is 15.7 Å². The molecule has 0 atom stereocenters. The van der Waals surface area contributed by atoms with Gasteiger partial charge in [-0.2, -0.15) is 5.10 Å². The molecular weight excluding hydrogens is 460 g/mol. The maximum Gasteiger partial charge on any atom is 0.246 e. The van der Waals surface area contributed by atoms with Gasteiger partial charge >= 0.3 is 0 Å². The van der Waals surface area contributed by atoms with Gasteiger partial charge in [-0.25, -0.2) is 13.1 Å². The molecule has 0 saturated heterocycles. The van der Waals surface area contributed by atoms with Crippen LogP contribution in [0.5, 0.6) is 0 Å². The summed E-state index contributed by atoms with van der Waals surface area (Å²) in [5.74, 6) is -0.806. The van der Waals surface area contributed by atoms with Crippen molar-refractivity contribution in [1.29, 1.82) is 0 Å². The van der Waals surface area contributed by atoms with Crippen LogP contribution in [-0.2, 0) is 26.0 Å². The third kappa shape index (κ3) is 5.63. The molecule has 2 aromatic carbocycles. The lowest BCUT2D eigenvalue weighted by Crippen LogP contribution is -2.23. The van der Waals surface area contributed by atoms with Crippen LogP contribution in [0.1, 0.15) is 24.5 Å². The Kier molecular flexibility index (Phi) is 7.60. The van der Waals surface area contributed by atoms with E-state index in [4.69, 9.17) is 0 Å². The number of nitrogens with one attached hydrogen (secondary N) is 2. The Morgan fingerprint density at radius 2 is 1.64 bits per heavy atom. The molecule has 0 unspecified atom stereocenters. The third-order valence-electron chi connectivity index (χ3n) is 4.77. The number of hydrogen-bond acceptors (Lipinski definition) is 6. The highest BCUT2D eigenvalue weighted by Gasteiger charge is 2.31. The average molecular weight is 487 g/mol. The highest BCUT2D eigenvalue weighted by Crippen LogP contribution is 2.35. The second-order valence-electron chi connectivity index (χ2n) is 7.49. The Balaban J connectivity index is 2.04. The van der Waals surface area contributed by atoms with Gasteiger partial charge in [0.2, 0.25) is 21.7 Å². The number of aromatic nitrogens is 2. The fourth-order valence-electron chi connectivity index (χ4n) is 3.36. The van der Waals surface area contributed by atoms with Crippen LogP contribution in [0.2, 0.25) is 0 Å². The highest BCUT2D eigenvalue weighted by atomic mass is 32.2. The first-order valence-electron chi connectivity index (χ1n) is 10.3. The average Bonchev–Trinajstić information content (AvgIpc) is 3.10. The standard InChI is InChI=1S/C23H26N4O4S2/c1-5-19(28)25-22-21(33(30,31)18-9-7-6-8-10-18)23(32-4)26-27(22)14-20(29)24-17-12-15(2)11-16(3)13-17/h6-13H,5,14H2,1-4H3,(H,24,29)(H,25,28). The normalized spacial score (nSPS) is 11.3. The predicted molar refractivity (Wildman–Crippen MR) is 129 cm³/mol. The molecule has 0 fully saturated rings. The molecule has 8 nitrogen and oxygen atoms in total. The smallest absolute Gasteiger partial charge is 0.246 e. The minimum Gasteiger partial charge on any atom is -0.324 e. The topological polar surface area (TPSA) is 110 Å². The van der Waals surface area contributed by atoms with Gasteiger partial charge in [0.1, 0.15) is 16.5 Å². The number of amides is 2. The number of nitrogens with zero attached hydrogens (tertiary/aromatic N) is 2. The first-order valence-corrected chi connectivity index (χ1v) is 13.0. The number of benzene rings is 2. The van der Waals surface area contributed by atoms with Crippen molar-refractivity contribution in [2.24, 2.45) is 0 Å². The summed E-state index contributed by atoms with van der Waals surface area (Å²) < 4.78 is 28.1. The van der Waals surface area contributed by atoms with Crippen molar-refractivity contribution in [2.75, 3.05) is 16.9 Å². The van der Waals surface area contributed by atoms with Crippen molar-refractivity contribution in [3.05, 3.63) is 59.7 Å². The Bertz CT molecular complexity index is 1270. The summed E-state index contributed by atoms with van der Waals surface area (Å²) in [6.07, 6.45) is 1.83. The van der Waals surface area contributed by atoms with Crippen LogP contribution >= 0.6 is 11.8 Å². The van der Waals surface area contributed by atoms with E-state index in [1.54, 1.807) is 31.4 Å². The fraction of sp³-hybridized carbons (Fsp3) is 0.261. The van der Waals surface area contributed by atoms with E-state index in [0.29, 0.717) is 5.69 Å². The molecule has 0 aliphatic carbocycles. The Labute approximate surface area is 197 Å². The van der Waals surface area contributed by atoms with Gasteiger partial charge in [-0.3, -0.25) is 9.59 Å². The van der Waals surface area contributed by atoms with E-state index in [1.165, 1.54) is 16.8 Å². The third-order valence-corrected chi connectivity index (χ3v) is 7.39. The molecule has 3 rings (SSSR count). The van der Waals surface area contributed by atoms with Crippen LogP contribution in [0.25, 0.3) is 0 Å². The van der Waals surface area contributed by atoms with Gasteiger partial charge in [-0.05, 0) is 55.5 Å². The summed E-state index contributed by atoms with van der Waals surface area (Å²) in [5, 5.41) is 10.00. The number of sulfone groups is 1. The second-order valence-corrected chi connectivity index (χ2v) is 10.2. The maximum absolute atomic E-state index is 13.5. The molecule has 10 heteroatoms. The minimum atomic E-state index is -4.00. The molecule has 0 bridgehead atoms. The molecule has 174 valence electrons. The lowest BCUT2D eigenvalue weighted by atomic mass is 10.1. The number of hydrogen-bond donors (Lipinski definition) is 2. The van der Waals surface area contributed by atoms with E-state index in [1.807, 2.05) is 32.0 Å². The van der Waals surface area contributed by atoms with Gasteiger partial charge in [0.25, 0.3) is 0 Å². The summed E-state index contributed by atoms with van der Waals surface area (Å²) in [6.45, 7) is 5.24. The van der Waals surface area contributed by atoms with Gasteiger partial charge in [-0.1, -0.05) is 31.2 Å². The molecule has 1 aromatic heterocycles. The zero-order valence-corrected chi connectivity index (χ0v) is 20.5. The molecule has 2 N–H and O–H groups in total. The molecule has 0 aliphatic rings. The monoisotopic (exact) mass is 486 g/mol. The van der Waals surface area contributed by atoms with E-state index >= 15 is 0 Å². The summed E-state index contributed by atoms with van der Waals surface area (Å²) in [4.78, 5) is 25.0. The van der Waals surface area contributed by atoms with E-state index < -0.39 is 15.7 Å². The maximum atomic E-state index is 13.5. The molecule has 0 spiro atoms.